The van der Waals surface area contributed by atoms with Gasteiger partial charge in [-0.25, -0.2) is 0 Å². The fourth-order valence-corrected chi connectivity index (χ4v) is 3.51. The van der Waals surface area contributed by atoms with E-state index >= 15 is 0 Å². The van der Waals surface area contributed by atoms with E-state index in [-0.39, 0.29) is 23.9 Å². The van der Waals surface area contributed by atoms with Gasteiger partial charge in [0.2, 0.25) is 5.91 Å². The second-order valence-corrected chi connectivity index (χ2v) is 5.73. The predicted octanol–water partition coefficient (Wildman–Crippen LogP) is 0.892. The van der Waals surface area contributed by atoms with Crippen LogP contribution in [0.15, 0.2) is 43.0 Å². The van der Waals surface area contributed by atoms with Gasteiger partial charge in [-0.05, 0) is 24.6 Å². The van der Waals surface area contributed by atoms with Gasteiger partial charge in [0.15, 0.2) is 0 Å². The molecule has 0 bridgehead atoms. The lowest BCUT2D eigenvalue weighted by atomic mass is 10.1. The normalized spacial score (nSPS) is 23.2. The zero-order chi connectivity index (χ0) is 15.8. The first-order chi connectivity index (χ1) is 11.3. The molecule has 2 fully saturated rings. The fourth-order valence-electron chi connectivity index (χ4n) is 3.51. The Morgan fingerprint density at radius 1 is 1.13 bits per heavy atom. The van der Waals surface area contributed by atoms with Crippen molar-refractivity contribution in [2.75, 3.05) is 11.4 Å². The van der Waals surface area contributed by atoms with Crippen LogP contribution in [0.1, 0.15) is 23.2 Å². The molecule has 0 N–H and O–H groups in total. The summed E-state index contributed by atoms with van der Waals surface area (Å²) in [6.07, 6.45) is 7.47. The van der Waals surface area contributed by atoms with Crippen molar-refractivity contribution in [3.05, 3.63) is 48.5 Å². The number of hydrogen-bond acceptors (Lipinski definition) is 5. The van der Waals surface area contributed by atoms with Gasteiger partial charge >= 0.3 is 0 Å². The third-order valence-corrected chi connectivity index (χ3v) is 4.51. The number of amides is 2. The lowest BCUT2D eigenvalue weighted by Gasteiger charge is -2.25. The first-order valence-corrected chi connectivity index (χ1v) is 7.55. The van der Waals surface area contributed by atoms with Crippen LogP contribution in [0.5, 0.6) is 0 Å². The minimum absolute atomic E-state index is 0.0189. The molecule has 0 unspecified atom stereocenters. The van der Waals surface area contributed by atoms with E-state index in [4.69, 9.17) is 0 Å². The number of carbonyl (C=O) groups excluding carboxylic acids is 2. The molecule has 7 heteroatoms. The Bertz CT molecular complexity index is 737. The molecule has 2 amide bonds. The minimum Gasteiger partial charge on any atom is -0.333 e. The molecule has 2 aromatic rings. The minimum atomic E-state index is -0.0941. The second kappa shape index (κ2) is 5.42. The van der Waals surface area contributed by atoms with E-state index in [9.17, 15) is 9.59 Å². The summed E-state index contributed by atoms with van der Waals surface area (Å²) in [6, 6.07) is 5.27. The highest BCUT2D eigenvalue weighted by molar-refractivity contribution is 6.00. The lowest BCUT2D eigenvalue weighted by Crippen LogP contribution is -2.40. The van der Waals surface area contributed by atoms with Crippen molar-refractivity contribution in [2.24, 2.45) is 0 Å². The number of aromatic nitrogens is 3. The number of nitrogens with zero attached hydrogens (tertiary/aromatic N) is 5. The molecule has 2 aromatic heterocycles. The molecule has 2 aliphatic heterocycles. The van der Waals surface area contributed by atoms with E-state index in [1.807, 2.05) is 12.1 Å². The molecule has 116 valence electrons. The maximum atomic E-state index is 12.7. The van der Waals surface area contributed by atoms with Crippen LogP contribution < -0.4 is 4.90 Å². The van der Waals surface area contributed by atoms with Gasteiger partial charge in [-0.2, -0.15) is 10.2 Å². The molecule has 0 aliphatic carbocycles. The molecular formula is C16H15N5O2. The molecule has 2 aliphatic rings. The van der Waals surface area contributed by atoms with Crippen molar-refractivity contribution in [3.63, 3.8) is 0 Å². The lowest BCUT2D eigenvalue weighted by molar-refractivity contribution is -0.117. The Hall–Kier alpha value is -2.83. The van der Waals surface area contributed by atoms with E-state index in [0.717, 1.165) is 12.1 Å². The third kappa shape index (κ3) is 2.25. The van der Waals surface area contributed by atoms with E-state index in [0.29, 0.717) is 18.5 Å². The molecule has 23 heavy (non-hydrogen) atoms. The molecule has 0 aromatic carbocycles. The van der Waals surface area contributed by atoms with Gasteiger partial charge < -0.3 is 9.80 Å². The van der Waals surface area contributed by atoms with Crippen LogP contribution in [0.4, 0.5) is 5.69 Å². The molecule has 4 rings (SSSR count). The summed E-state index contributed by atoms with van der Waals surface area (Å²) < 4.78 is 0. The zero-order valence-corrected chi connectivity index (χ0v) is 12.4. The first kappa shape index (κ1) is 13.8. The number of pyridine rings is 1. The summed E-state index contributed by atoms with van der Waals surface area (Å²) >= 11 is 0. The average Bonchev–Trinajstić information content (AvgIpc) is 3.13. The topological polar surface area (TPSA) is 79.3 Å². The average molecular weight is 309 g/mol. The fraction of sp³-hybridized carbons (Fsp3) is 0.312. The van der Waals surface area contributed by atoms with Crippen LogP contribution in [-0.2, 0) is 4.79 Å². The molecule has 2 atom stereocenters. The Kier molecular flexibility index (Phi) is 3.25. The Balaban J connectivity index is 1.60. The highest BCUT2D eigenvalue weighted by atomic mass is 16.2. The smallest absolute Gasteiger partial charge is 0.255 e. The molecule has 4 heterocycles. The maximum absolute atomic E-state index is 12.7. The Labute approximate surface area is 133 Å². The van der Waals surface area contributed by atoms with E-state index in [2.05, 4.69) is 15.2 Å². The van der Waals surface area contributed by atoms with Crippen LogP contribution in [0.2, 0.25) is 0 Å². The van der Waals surface area contributed by atoms with Crippen molar-refractivity contribution >= 4 is 17.5 Å². The predicted molar refractivity (Wildman–Crippen MR) is 81.6 cm³/mol. The van der Waals surface area contributed by atoms with Crippen LogP contribution in [0.25, 0.3) is 0 Å². The molecule has 0 spiro atoms. The Morgan fingerprint density at radius 3 is 2.78 bits per heavy atom. The van der Waals surface area contributed by atoms with Crippen LogP contribution in [-0.4, -0.2) is 50.5 Å². The third-order valence-electron chi connectivity index (χ3n) is 4.51. The van der Waals surface area contributed by atoms with Crippen LogP contribution in [0.3, 0.4) is 0 Å². The van der Waals surface area contributed by atoms with Gasteiger partial charge in [0.1, 0.15) is 0 Å². The van der Waals surface area contributed by atoms with Crippen molar-refractivity contribution < 1.29 is 9.59 Å². The molecular weight excluding hydrogens is 294 g/mol. The molecule has 2 saturated heterocycles. The Morgan fingerprint density at radius 2 is 2.04 bits per heavy atom. The summed E-state index contributed by atoms with van der Waals surface area (Å²) in [5.74, 6) is -0.0495. The molecule has 7 nitrogen and oxygen atoms in total. The number of anilines is 1. The highest BCUT2D eigenvalue weighted by Crippen LogP contribution is 2.36. The van der Waals surface area contributed by atoms with Gasteiger partial charge in [-0.1, -0.05) is 0 Å². The van der Waals surface area contributed by atoms with E-state index in [1.54, 1.807) is 28.3 Å². The van der Waals surface area contributed by atoms with Gasteiger partial charge in [0.25, 0.3) is 5.91 Å². The van der Waals surface area contributed by atoms with Gasteiger partial charge in [0.05, 0.1) is 41.9 Å². The summed E-state index contributed by atoms with van der Waals surface area (Å²) in [5, 5.41) is 7.45. The van der Waals surface area contributed by atoms with Crippen LogP contribution in [0, 0.1) is 0 Å². The first-order valence-electron chi connectivity index (χ1n) is 7.55. The van der Waals surface area contributed by atoms with E-state index < -0.39 is 0 Å². The number of hydrogen-bond donors (Lipinski definition) is 0. The summed E-state index contributed by atoms with van der Waals surface area (Å²) in [7, 11) is 0. The zero-order valence-electron chi connectivity index (χ0n) is 12.4. The van der Waals surface area contributed by atoms with Gasteiger partial charge in [0, 0.05) is 19.2 Å². The quantitative estimate of drug-likeness (QED) is 0.823. The van der Waals surface area contributed by atoms with Crippen molar-refractivity contribution in [1.29, 1.82) is 0 Å². The number of fused-ring (bicyclic) bond motifs is 1. The second-order valence-electron chi connectivity index (χ2n) is 5.73. The number of carbonyl (C=O) groups is 2. The number of rotatable bonds is 2. The molecule has 0 saturated carbocycles. The number of likely N-dealkylation sites (tertiary alicyclic amines) is 1. The van der Waals surface area contributed by atoms with Crippen molar-refractivity contribution in [2.45, 2.75) is 24.9 Å². The van der Waals surface area contributed by atoms with Crippen molar-refractivity contribution in [1.82, 2.24) is 20.1 Å². The molecule has 0 radical (unpaired) electrons. The summed E-state index contributed by atoms with van der Waals surface area (Å²) in [5.41, 5.74) is 1.30. The van der Waals surface area contributed by atoms with E-state index in [1.165, 1.54) is 12.4 Å². The highest BCUT2D eigenvalue weighted by Gasteiger charge is 2.49. The van der Waals surface area contributed by atoms with Crippen molar-refractivity contribution in [3.8, 4) is 0 Å². The van der Waals surface area contributed by atoms with Gasteiger partial charge in [-0.15, -0.1) is 0 Å². The van der Waals surface area contributed by atoms with Gasteiger partial charge in [-0.3, -0.25) is 14.6 Å². The monoisotopic (exact) mass is 309 g/mol. The SMILES string of the molecule is O=C(c1ccnnc1)N1CC[C@H]2[C@H]1CC(=O)N2c1cccnc1. The summed E-state index contributed by atoms with van der Waals surface area (Å²) in [4.78, 5) is 32.8. The standard InChI is InChI=1S/C16H15N5O2/c22-15-8-14-13(21(15)12-2-1-5-17-10-12)4-7-20(14)16(23)11-3-6-18-19-9-11/h1-3,5-6,9-10,13-14H,4,7-8H2/t13-,14+/m0/s1. The maximum Gasteiger partial charge on any atom is 0.255 e. The largest absolute Gasteiger partial charge is 0.333 e. The summed E-state index contributed by atoms with van der Waals surface area (Å²) in [6.45, 7) is 0.639. The van der Waals surface area contributed by atoms with Crippen LogP contribution >= 0.6 is 0 Å².